The first-order valence-electron chi connectivity index (χ1n) is 9.70. The van der Waals surface area contributed by atoms with E-state index >= 15 is 0 Å². The molecule has 0 unspecified atom stereocenters. The Morgan fingerprint density at radius 2 is 1.96 bits per heavy atom. The van der Waals surface area contributed by atoms with Crippen LogP contribution in [0.5, 0.6) is 0 Å². The molecule has 6 nitrogen and oxygen atoms in total. The Kier molecular flexibility index (Phi) is 4.93. The van der Waals surface area contributed by atoms with Gasteiger partial charge in [0, 0.05) is 63.2 Å². The third-order valence-electron chi connectivity index (χ3n) is 6.16. The summed E-state index contributed by atoms with van der Waals surface area (Å²) in [6.45, 7) is 13.2. The standard InChI is InChI=1S/C19H31N5O/c1-19(2,24-7-9-25-10-8-24)15-23-13-16-3-4-17(23)14-22(12-16)18-11-20-5-6-21-18/h5-6,11,16-17H,3-4,7-10,12-15H2,1-2H3/t16-,17+/m0/s1. The molecule has 4 saturated heterocycles. The van der Waals surface area contributed by atoms with Crippen molar-refractivity contribution in [2.45, 2.75) is 38.3 Å². The summed E-state index contributed by atoms with van der Waals surface area (Å²) in [4.78, 5) is 16.6. The van der Waals surface area contributed by atoms with Crippen LogP contribution in [0.1, 0.15) is 26.7 Å². The van der Waals surface area contributed by atoms with E-state index in [1.807, 2.05) is 6.20 Å². The second-order valence-electron chi connectivity index (χ2n) is 8.41. The van der Waals surface area contributed by atoms with E-state index in [0.717, 1.165) is 57.7 Å². The molecule has 0 aliphatic carbocycles. The molecular weight excluding hydrogens is 314 g/mol. The van der Waals surface area contributed by atoms with E-state index in [-0.39, 0.29) is 5.54 Å². The number of aromatic nitrogens is 2. The normalized spacial score (nSPS) is 29.0. The Hall–Kier alpha value is -1.24. The Balaban J connectivity index is 1.45. The van der Waals surface area contributed by atoms with Crippen LogP contribution in [0.25, 0.3) is 0 Å². The van der Waals surface area contributed by atoms with Crippen LogP contribution in [0.2, 0.25) is 0 Å². The van der Waals surface area contributed by atoms with Gasteiger partial charge in [-0.15, -0.1) is 0 Å². The monoisotopic (exact) mass is 345 g/mol. The fourth-order valence-corrected chi connectivity index (χ4v) is 4.78. The van der Waals surface area contributed by atoms with Gasteiger partial charge in [0.25, 0.3) is 0 Å². The number of fused-ring (bicyclic) bond motifs is 4. The van der Waals surface area contributed by atoms with Crippen molar-refractivity contribution >= 4 is 5.82 Å². The van der Waals surface area contributed by atoms with Gasteiger partial charge in [0.2, 0.25) is 0 Å². The maximum Gasteiger partial charge on any atom is 0.147 e. The van der Waals surface area contributed by atoms with Gasteiger partial charge in [-0.25, -0.2) is 4.98 Å². The van der Waals surface area contributed by atoms with Crippen molar-refractivity contribution in [1.82, 2.24) is 19.8 Å². The molecular formula is C19H31N5O. The summed E-state index contributed by atoms with van der Waals surface area (Å²) in [5, 5.41) is 0. The Morgan fingerprint density at radius 3 is 2.72 bits per heavy atom. The van der Waals surface area contributed by atoms with Gasteiger partial charge in [-0.2, -0.15) is 0 Å². The minimum Gasteiger partial charge on any atom is -0.379 e. The summed E-state index contributed by atoms with van der Waals surface area (Å²) in [6.07, 6.45) is 8.12. The van der Waals surface area contributed by atoms with Gasteiger partial charge in [0.05, 0.1) is 19.4 Å². The number of morpholine rings is 1. The summed E-state index contributed by atoms with van der Waals surface area (Å²) in [7, 11) is 0. The molecule has 4 fully saturated rings. The SMILES string of the molecule is CC(C)(CN1C[C@H]2CC[C@@H]1CN(c1cnccn1)C2)N1CCOCC1. The van der Waals surface area contributed by atoms with Gasteiger partial charge in [-0.3, -0.25) is 14.8 Å². The van der Waals surface area contributed by atoms with Gasteiger partial charge in [0.15, 0.2) is 0 Å². The topological polar surface area (TPSA) is 44.7 Å². The second kappa shape index (κ2) is 7.17. The average molecular weight is 345 g/mol. The molecule has 1 aromatic heterocycles. The zero-order valence-electron chi connectivity index (χ0n) is 15.6. The highest BCUT2D eigenvalue weighted by atomic mass is 16.5. The summed E-state index contributed by atoms with van der Waals surface area (Å²) in [5.41, 5.74) is 0.200. The third-order valence-corrected chi connectivity index (χ3v) is 6.16. The molecule has 25 heavy (non-hydrogen) atoms. The highest BCUT2D eigenvalue weighted by Crippen LogP contribution is 2.31. The van der Waals surface area contributed by atoms with E-state index in [4.69, 9.17) is 4.74 Å². The minimum atomic E-state index is 0.200. The lowest BCUT2D eigenvalue weighted by Gasteiger charge is -2.46. The fraction of sp³-hybridized carbons (Fsp3) is 0.789. The number of ether oxygens (including phenoxy) is 1. The lowest BCUT2D eigenvalue weighted by molar-refractivity contribution is -0.0306. The number of anilines is 1. The smallest absolute Gasteiger partial charge is 0.147 e. The van der Waals surface area contributed by atoms with Crippen molar-refractivity contribution in [2.24, 2.45) is 5.92 Å². The van der Waals surface area contributed by atoms with Crippen LogP contribution in [0.4, 0.5) is 5.82 Å². The Labute approximate surface area is 151 Å². The van der Waals surface area contributed by atoms with Crippen molar-refractivity contribution in [3.63, 3.8) is 0 Å². The molecule has 0 amide bonds. The van der Waals surface area contributed by atoms with Crippen molar-refractivity contribution in [3.8, 4) is 0 Å². The average Bonchev–Trinajstić information content (AvgIpc) is 2.95. The summed E-state index contributed by atoms with van der Waals surface area (Å²) < 4.78 is 5.54. The molecule has 0 radical (unpaired) electrons. The van der Waals surface area contributed by atoms with Gasteiger partial charge in [-0.1, -0.05) is 0 Å². The zero-order chi connectivity index (χ0) is 17.3. The fourth-order valence-electron chi connectivity index (χ4n) is 4.78. The van der Waals surface area contributed by atoms with E-state index in [1.165, 1.54) is 19.4 Å². The molecule has 0 spiro atoms. The van der Waals surface area contributed by atoms with Gasteiger partial charge >= 0.3 is 0 Å². The molecule has 5 rings (SSSR count). The molecule has 138 valence electrons. The van der Waals surface area contributed by atoms with E-state index in [2.05, 4.69) is 38.5 Å². The summed E-state index contributed by atoms with van der Waals surface area (Å²) in [6, 6.07) is 0.626. The molecule has 5 heterocycles. The van der Waals surface area contributed by atoms with Gasteiger partial charge < -0.3 is 9.64 Å². The van der Waals surface area contributed by atoms with Crippen molar-refractivity contribution in [3.05, 3.63) is 18.6 Å². The Bertz CT molecular complexity index is 560. The van der Waals surface area contributed by atoms with E-state index in [1.54, 1.807) is 12.4 Å². The molecule has 4 aliphatic heterocycles. The lowest BCUT2D eigenvalue weighted by Crippen LogP contribution is -2.58. The molecule has 6 heteroatoms. The van der Waals surface area contributed by atoms with Crippen LogP contribution in [-0.2, 0) is 4.74 Å². The van der Waals surface area contributed by atoms with Crippen LogP contribution in [0.15, 0.2) is 18.6 Å². The molecule has 0 aromatic carbocycles. The van der Waals surface area contributed by atoms with Gasteiger partial charge in [0.1, 0.15) is 5.82 Å². The summed E-state index contributed by atoms with van der Waals surface area (Å²) in [5.74, 6) is 1.77. The minimum absolute atomic E-state index is 0.200. The van der Waals surface area contributed by atoms with Crippen LogP contribution < -0.4 is 4.90 Å². The van der Waals surface area contributed by atoms with Crippen molar-refractivity contribution in [2.75, 3.05) is 57.4 Å². The predicted octanol–water partition coefficient (Wildman–Crippen LogP) is 1.49. The second-order valence-corrected chi connectivity index (χ2v) is 8.41. The first-order valence-corrected chi connectivity index (χ1v) is 9.70. The van der Waals surface area contributed by atoms with Crippen molar-refractivity contribution in [1.29, 1.82) is 0 Å². The van der Waals surface area contributed by atoms with Gasteiger partial charge in [-0.05, 0) is 32.6 Å². The van der Waals surface area contributed by atoms with Crippen LogP contribution in [0.3, 0.4) is 0 Å². The van der Waals surface area contributed by atoms with Crippen LogP contribution >= 0.6 is 0 Å². The van der Waals surface area contributed by atoms with Crippen molar-refractivity contribution < 1.29 is 4.74 Å². The number of piperidine rings is 1. The van der Waals surface area contributed by atoms with E-state index in [0.29, 0.717) is 6.04 Å². The Morgan fingerprint density at radius 1 is 1.12 bits per heavy atom. The summed E-state index contributed by atoms with van der Waals surface area (Å²) >= 11 is 0. The predicted molar refractivity (Wildman–Crippen MR) is 98.8 cm³/mol. The van der Waals surface area contributed by atoms with E-state index < -0.39 is 0 Å². The molecule has 0 N–H and O–H groups in total. The highest BCUT2D eigenvalue weighted by Gasteiger charge is 2.39. The largest absolute Gasteiger partial charge is 0.379 e. The zero-order valence-corrected chi connectivity index (χ0v) is 15.6. The lowest BCUT2D eigenvalue weighted by atomic mass is 9.92. The maximum atomic E-state index is 5.54. The molecule has 0 saturated carbocycles. The third kappa shape index (κ3) is 3.81. The maximum absolute atomic E-state index is 5.54. The molecule has 2 atom stereocenters. The number of hydrogen-bond donors (Lipinski definition) is 0. The van der Waals surface area contributed by atoms with E-state index in [9.17, 15) is 0 Å². The molecule has 2 bridgehead atoms. The van der Waals surface area contributed by atoms with Crippen LogP contribution in [0, 0.1) is 5.92 Å². The molecule has 1 aromatic rings. The number of rotatable bonds is 4. The first kappa shape index (κ1) is 17.2. The quantitative estimate of drug-likeness (QED) is 0.824. The molecule has 4 aliphatic rings. The van der Waals surface area contributed by atoms with Crippen LogP contribution in [-0.4, -0.2) is 83.8 Å². The first-order chi connectivity index (χ1) is 12.1. The highest BCUT2D eigenvalue weighted by molar-refractivity contribution is 5.36. The number of hydrogen-bond acceptors (Lipinski definition) is 6. The number of nitrogens with zero attached hydrogens (tertiary/aromatic N) is 5.